The number of ether oxygens (including phenoxy) is 2. The van der Waals surface area contributed by atoms with Crippen LogP contribution in [-0.4, -0.2) is 48.8 Å². The van der Waals surface area contributed by atoms with Crippen LogP contribution in [0.5, 0.6) is 0 Å². The fourth-order valence-corrected chi connectivity index (χ4v) is 3.43. The number of carbonyl (C=O) groups is 2. The molecule has 0 aromatic heterocycles. The lowest BCUT2D eigenvalue weighted by Gasteiger charge is -2.32. The van der Waals surface area contributed by atoms with E-state index >= 15 is 0 Å². The SMILES string of the molecule is COC(=O)C1CC(NC(=O)OC(C)(C)C)CCCN(Cc2ccccc2)C1. The molecule has 0 radical (unpaired) electrons. The van der Waals surface area contributed by atoms with Crippen molar-refractivity contribution in [1.82, 2.24) is 10.2 Å². The van der Waals surface area contributed by atoms with Gasteiger partial charge in [0.25, 0.3) is 0 Å². The van der Waals surface area contributed by atoms with E-state index in [1.807, 2.05) is 39.0 Å². The van der Waals surface area contributed by atoms with Crippen LogP contribution < -0.4 is 5.32 Å². The molecule has 150 valence electrons. The molecule has 1 aromatic rings. The first-order valence-electron chi connectivity index (χ1n) is 9.60. The van der Waals surface area contributed by atoms with Crippen LogP contribution in [0.15, 0.2) is 30.3 Å². The standard InChI is InChI=1S/C21H32N2O4/c1-21(2,3)27-20(25)22-18-11-8-12-23(14-16-9-6-5-7-10-16)15-17(13-18)19(24)26-4/h5-7,9-10,17-18H,8,11-15H2,1-4H3,(H,22,25). The summed E-state index contributed by atoms with van der Waals surface area (Å²) in [6, 6.07) is 10.2. The van der Waals surface area contributed by atoms with Crippen LogP contribution in [0.1, 0.15) is 45.6 Å². The monoisotopic (exact) mass is 376 g/mol. The van der Waals surface area contributed by atoms with Gasteiger partial charge in [0, 0.05) is 19.1 Å². The highest BCUT2D eigenvalue weighted by Gasteiger charge is 2.30. The minimum absolute atomic E-state index is 0.0946. The van der Waals surface area contributed by atoms with Crippen molar-refractivity contribution in [1.29, 1.82) is 0 Å². The summed E-state index contributed by atoms with van der Waals surface area (Å²) in [5.74, 6) is -0.509. The summed E-state index contributed by atoms with van der Waals surface area (Å²) < 4.78 is 10.4. The number of carbonyl (C=O) groups excluding carboxylic acids is 2. The Morgan fingerprint density at radius 1 is 1.22 bits per heavy atom. The van der Waals surface area contributed by atoms with E-state index < -0.39 is 11.7 Å². The summed E-state index contributed by atoms with van der Waals surface area (Å²) in [5, 5.41) is 2.93. The molecule has 2 unspecified atom stereocenters. The van der Waals surface area contributed by atoms with E-state index in [9.17, 15) is 9.59 Å². The molecular weight excluding hydrogens is 344 g/mol. The lowest BCUT2D eigenvalue weighted by Crippen LogP contribution is -2.45. The van der Waals surface area contributed by atoms with Crippen LogP contribution >= 0.6 is 0 Å². The smallest absolute Gasteiger partial charge is 0.407 e. The average Bonchev–Trinajstić information content (AvgIpc) is 2.57. The zero-order valence-corrected chi connectivity index (χ0v) is 16.9. The van der Waals surface area contributed by atoms with Gasteiger partial charge in [-0.1, -0.05) is 30.3 Å². The van der Waals surface area contributed by atoms with Crippen LogP contribution in [0.3, 0.4) is 0 Å². The summed E-state index contributed by atoms with van der Waals surface area (Å²) >= 11 is 0. The largest absolute Gasteiger partial charge is 0.469 e. The van der Waals surface area contributed by atoms with Crippen LogP contribution in [0, 0.1) is 5.92 Å². The quantitative estimate of drug-likeness (QED) is 0.816. The third-order valence-electron chi connectivity index (χ3n) is 4.58. The summed E-state index contributed by atoms with van der Waals surface area (Å²) in [5.41, 5.74) is 0.685. The van der Waals surface area contributed by atoms with Crippen LogP contribution in [0.4, 0.5) is 4.79 Å². The van der Waals surface area contributed by atoms with E-state index in [1.54, 1.807) is 0 Å². The van der Waals surface area contributed by atoms with Crippen LogP contribution in [0.25, 0.3) is 0 Å². The molecule has 6 nitrogen and oxygen atoms in total. The Bertz CT molecular complexity index is 612. The number of benzene rings is 1. The maximum atomic E-state index is 12.3. The number of esters is 1. The molecule has 1 saturated heterocycles. The molecular formula is C21H32N2O4. The van der Waals surface area contributed by atoms with Crippen LogP contribution in [0.2, 0.25) is 0 Å². The number of hydrogen-bond acceptors (Lipinski definition) is 5. The Morgan fingerprint density at radius 2 is 1.93 bits per heavy atom. The molecule has 0 spiro atoms. The van der Waals surface area contributed by atoms with E-state index in [0.717, 1.165) is 25.9 Å². The van der Waals surface area contributed by atoms with Gasteiger partial charge in [-0.15, -0.1) is 0 Å². The number of hydrogen-bond donors (Lipinski definition) is 1. The van der Waals surface area contributed by atoms with Gasteiger partial charge in [0.15, 0.2) is 0 Å². The summed E-state index contributed by atoms with van der Waals surface area (Å²) in [4.78, 5) is 26.7. The molecule has 27 heavy (non-hydrogen) atoms. The molecule has 0 saturated carbocycles. The van der Waals surface area contributed by atoms with Gasteiger partial charge in [0.1, 0.15) is 5.60 Å². The molecule has 1 aromatic carbocycles. The first kappa shape index (κ1) is 21.2. The van der Waals surface area contributed by atoms with Crippen molar-refractivity contribution >= 4 is 12.1 Å². The van der Waals surface area contributed by atoms with Gasteiger partial charge < -0.3 is 14.8 Å². The Kier molecular flexibility index (Phi) is 7.66. The van der Waals surface area contributed by atoms with E-state index in [1.165, 1.54) is 12.7 Å². The van der Waals surface area contributed by atoms with E-state index in [2.05, 4.69) is 22.3 Å². The Morgan fingerprint density at radius 3 is 2.56 bits per heavy atom. The number of amides is 1. The lowest BCUT2D eigenvalue weighted by atomic mass is 9.93. The third kappa shape index (κ3) is 7.59. The molecule has 1 fully saturated rings. The molecule has 1 aliphatic heterocycles. The Balaban J connectivity index is 2.00. The fraction of sp³-hybridized carbons (Fsp3) is 0.619. The summed E-state index contributed by atoms with van der Waals surface area (Å²) in [6.07, 6.45) is 1.87. The highest BCUT2D eigenvalue weighted by molar-refractivity contribution is 5.73. The predicted molar refractivity (Wildman–Crippen MR) is 104 cm³/mol. The van der Waals surface area contributed by atoms with Crippen molar-refractivity contribution in [2.45, 2.75) is 58.2 Å². The minimum atomic E-state index is -0.542. The second-order valence-electron chi connectivity index (χ2n) is 8.16. The average molecular weight is 376 g/mol. The van der Waals surface area contributed by atoms with Gasteiger partial charge in [-0.3, -0.25) is 9.69 Å². The maximum absolute atomic E-state index is 12.3. The van der Waals surface area contributed by atoms with Crippen molar-refractivity contribution in [3.05, 3.63) is 35.9 Å². The van der Waals surface area contributed by atoms with E-state index in [-0.39, 0.29) is 17.9 Å². The Labute approximate surface area is 162 Å². The molecule has 2 atom stereocenters. The predicted octanol–water partition coefficient (Wildman–Crippen LogP) is 3.36. The van der Waals surface area contributed by atoms with Gasteiger partial charge in [-0.05, 0) is 52.1 Å². The van der Waals surface area contributed by atoms with Gasteiger partial charge in [-0.25, -0.2) is 4.79 Å². The lowest BCUT2D eigenvalue weighted by molar-refractivity contribution is -0.147. The normalized spacial score (nSPS) is 21.6. The molecule has 6 heteroatoms. The second-order valence-corrected chi connectivity index (χ2v) is 8.16. The summed E-state index contributed by atoms with van der Waals surface area (Å²) in [7, 11) is 1.42. The zero-order chi connectivity index (χ0) is 19.9. The van der Waals surface area contributed by atoms with E-state index in [0.29, 0.717) is 13.0 Å². The zero-order valence-electron chi connectivity index (χ0n) is 16.9. The first-order valence-corrected chi connectivity index (χ1v) is 9.60. The highest BCUT2D eigenvalue weighted by atomic mass is 16.6. The van der Waals surface area contributed by atoms with Crippen molar-refractivity contribution in [3.63, 3.8) is 0 Å². The number of nitrogens with zero attached hydrogens (tertiary/aromatic N) is 1. The van der Waals surface area contributed by atoms with Crippen LogP contribution in [-0.2, 0) is 20.8 Å². The molecule has 1 aliphatic rings. The number of likely N-dealkylation sites (tertiary alicyclic amines) is 1. The van der Waals surface area contributed by atoms with Gasteiger partial charge in [-0.2, -0.15) is 0 Å². The third-order valence-corrected chi connectivity index (χ3v) is 4.58. The number of nitrogens with one attached hydrogen (secondary N) is 1. The molecule has 1 heterocycles. The van der Waals surface area contributed by atoms with Crippen molar-refractivity contribution in [2.24, 2.45) is 5.92 Å². The minimum Gasteiger partial charge on any atom is -0.469 e. The molecule has 2 rings (SSSR count). The van der Waals surface area contributed by atoms with Crippen molar-refractivity contribution < 1.29 is 19.1 Å². The Hall–Kier alpha value is -2.08. The molecule has 0 aliphatic carbocycles. The van der Waals surface area contributed by atoms with Crippen molar-refractivity contribution in [3.8, 4) is 0 Å². The van der Waals surface area contributed by atoms with Crippen molar-refractivity contribution in [2.75, 3.05) is 20.2 Å². The van der Waals surface area contributed by atoms with Gasteiger partial charge in [0.05, 0.1) is 13.0 Å². The maximum Gasteiger partial charge on any atom is 0.407 e. The molecule has 0 bridgehead atoms. The number of methoxy groups -OCH3 is 1. The molecule has 1 amide bonds. The van der Waals surface area contributed by atoms with Gasteiger partial charge >= 0.3 is 12.1 Å². The topological polar surface area (TPSA) is 67.9 Å². The first-order chi connectivity index (χ1) is 12.8. The number of alkyl carbamates (subject to hydrolysis) is 1. The summed E-state index contributed by atoms with van der Waals surface area (Å²) in [6.45, 7) is 7.80. The van der Waals surface area contributed by atoms with Gasteiger partial charge in [0.2, 0.25) is 0 Å². The van der Waals surface area contributed by atoms with E-state index in [4.69, 9.17) is 9.47 Å². The second kappa shape index (κ2) is 9.74. The fourth-order valence-electron chi connectivity index (χ4n) is 3.43. The number of rotatable bonds is 4. The molecule has 1 N–H and O–H groups in total. The highest BCUT2D eigenvalue weighted by Crippen LogP contribution is 2.21.